The fraction of sp³-hybridized carbons (Fsp3) is 0.333. The first-order valence-electron chi connectivity index (χ1n) is 10.0. The van der Waals surface area contributed by atoms with E-state index in [-0.39, 0.29) is 12.5 Å². The van der Waals surface area contributed by atoms with Gasteiger partial charge in [0.25, 0.3) is 0 Å². The molecule has 0 atom stereocenters. The number of halogens is 6. The van der Waals surface area contributed by atoms with E-state index >= 15 is 0 Å². The summed E-state index contributed by atoms with van der Waals surface area (Å²) in [7, 11) is -1.26. The zero-order valence-electron chi connectivity index (χ0n) is 18.4. The van der Waals surface area contributed by atoms with Gasteiger partial charge < -0.3 is 19.4 Å². The third-order valence-corrected chi connectivity index (χ3v) is 6.93. The first-order chi connectivity index (χ1) is 15.8. The largest absolute Gasteiger partial charge is 0.471 e. The van der Waals surface area contributed by atoms with Gasteiger partial charge >= 0.3 is 12.1 Å². The van der Waals surface area contributed by atoms with E-state index < -0.39 is 43.2 Å². The Hall–Kier alpha value is -2.51. The Morgan fingerprint density at radius 3 is 2.44 bits per heavy atom. The van der Waals surface area contributed by atoms with Crippen LogP contribution in [0.25, 0.3) is 11.0 Å². The summed E-state index contributed by atoms with van der Waals surface area (Å²) in [5, 5.41) is 1.82. The van der Waals surface area contributed by atoms with Crippen LogP contribution in [0.2, 0.25) is 25.7 Å². The molecule has 3 rings (SSSR count). The topological polar surface area (TPSA) is 65.4 Å². The van der Waals surface area contributed by atoms with Crippen LogP contribution < -0.4 is 10.1 Å². The number of aromatic nitrogens is 2. The molecule has 13 heteroatoms. The highest BCUT2D eigenvalue weighted by Gasteiger charge is 2.39. The molecule has 1 amide bonds. The molecule has 2 aromatic heterocycles. The number of nitrogens with one attached hydrogen (secondary N) is 1. The van der Waals surface area contributed by atoms with Crippen molar-refractivity contribution in [1.82, 2.24) is 9.55 Å². The monoisotopic (exact) mass is 565 g/mol. The summed E-state index contributed by atoms with van der Waals surface area (Å²) in [6.07, 6.45) is -2.12. The van der Waals surface area contributed by atoms with Gasteiger partial charge in [-0.25, -0.2) is 13.8 Å². The molecule has 6 nitrogen and oxygen atoms in total. The van der Waals surface area contributed by atoms with Crippen molar-refractivity contribution in [2.75, 3.05) is 11.9 Å². The van der Waals surface area contributed by atoms with Gasteiger partial charge in [0.2, 0.25) is 0 Å². The second kappa shape index (κ2) is 10.00. The first-order valence-corrected chi connectivity index (χ1v) is 14.5. The number of alkyl halides is 3. The van der Waals surface area contributed by atoms with Crippen LogP contribution >= 0.6 is 15.9 Å². The van der Waals surface area contributed by atoms with Gasteiger partial charge in [-0.05, 0) is 28.0 Å². The second-order valence-corrected chi connectivity index (χ2v) is 15.1. The molecule has 0 unspecified atom stereocenters. The number of rotatable bonds is 8. The molecule has 0 spiro atoms. The number of nitrogens with zero attached hydrogens (tertiary/aromatic N) is 2. The number of amides is 1. The lowest BCUT2D eigenvalue weighted by Gasteiger charge is -2.15. The van der Waals surface area contributed by atoms with Crippen LogP contribution in [0.15, 0.2) is 35.1 Å². The lowest BCUT2D eigenvalue weighted by molar-refractivity contribution is -0.167. The van der Waals surface area contributed by atoms with E-state index in [1.165, 1.54) is 17.6 Å². The maximum absolute atomic E-state index is 14.5. The highest BCUT2D eigenvalue weighted by Crippen LogP contribution is 2.38. The van der Waals surface area contributed by atoms with Gasteiger partial charge in [-0.2, -0.15) is 13.2 Å². The van der Waals surface area contributed by atoms with Crippen LogP contribution in [0.3, 0.4) is 0 Å². The van der Waals surface area contributed by atoms with Crippen molar-refractivity contribution in [2.24, 2.45) is 0 Å². The Balaban J connectivity index is 1.84. The molecule has 0 radical (unpaired) electrons. The van der Waals surface area contributed by atoms with Gasteiger partial charge in [0.1, 0.15) is 18.1 Å². The molecule has 0 fully saturated rings. The molecule has 1 aromatic carbocycles. The van der Waals surface area contributed by atoms with Crippen molar-refractivity contribution in [3.8, 4) is 11.5 Å². The maximum Gasteiger partial charge on any atom is 0.471 e. The van der Waals surface area contributed by atoms with Crippen LogP contribution in [0.1, 0.15) is 0 Å². The van der Waals surface area contributed by atoms with E-state index in [9.17, 15) is 26.7 Å². The zero-order chi connectivity index (χ0) is 25.3. The van der Waals surface area contributed by atoms with Crippen molar-refractivity contribution in [3.63, 3.8) is 0 Å². The molecule has 184 valence electrons. The van der Waals surface area contributed by atoms with E-state index in [0.29, 0.717) is 34.2 Å². The summed E-state index contributed by atoms with van der Waals surface area (Å²) >= 11 is 3.39. The van der Waals surface area contributed by atoms with Crippen molar-refractivity contribution in [2.45, 2.75) is 38.6 Å². The Labute approximate surface area is 201 Å². The van der Waals surface area contributed by atoms with Crippen molar-refractivity contribution in [1.29, 1.82) is 0 Å². The Morgan fingerprint density at radius 1 is 1.21 bits per heavy atom. The minimum atomic E-state index is -5.21. The van der Waals surface area contributed by atoms with Gasteiger partial charge in [0, 0.05) is 49.4 Å². The molecule has 34 heavy (non-hydrogen) atoms. The quantitative estimate of drug-likeness (QED) is 0.188. The molecule has 0 aliphatic heterocycles. The molecule has 0 aliphatic carbocycles. The van der Waals surface area contributed by atoms with E-state index in [1.807, 2.05) is 0 Å². The maximum atomic E-state index is 14.5. The number of hydrogen-bond acceptors (Lipinski definition) is 4. The lowest BCUT2D eigenvalue weighted by atomic mass is 10.2. The van der Waals surface area contributed by atoms with E-state index in [4.69, 9.17) is 9.47 Å². The standard InChI is InChI=1S/C21H21BrF5N3O3Si/c1-34(2,3)7-6-32-11-30-10-13(22)17-16(4-5-28-19(17)30)33-18-14(23)8-12(9-15(18)24)29-20(31)21(25,26)27/h4-5,8-10H,6-7,11H2,1-3H3,(H,29,31). The number of carbonyl (C=O) groups is 1. The fourth-order valence-corrected chi connectivity index (χ4v) is 4.28. The number of fused-ring (bicyclic) bond motifs is 1. The highest BCUT2D eigenvalue weighted by atomic mass is 79.9. The normalized spacial score (nSPS) is 12.3. The van der Waals surface area contributed by atoms with Crippen LogP contribution in [0.4, 0.5) is 27.6 Å². The molecule has 0 saturated carbocycles. The second-order valence-electron chi connectivity index (χ2n) is 8.63. The summed E-state index contributed by atoms with van der Waals surface area (Å²) in [4.78, 5) is 15.3. The van der Waals surface area contributed by atoms with E-state index in [0.717, 1.165) is 6.04 Å². The predicted molar refractivity (Wildman–Crippen MR) is 123 cm³/mol. The van der Waals surface area contributed by atoms with Gasteiger partial charge in [-0.15, -0.1) is 0 Å². The molecule has 0 saturated heterocycles. The molecular formula is C21H21BrF5N3O3Si. The number of pyridine rings is 1. The molecular weight excluding hydrogens is 545 g/mol. The van der Waals surface area contributed by atoms with Gasteiger partial charge in [-0.3, -0.25) is 4.79 Å². The van der Waals surface area contributed by atoms with Crippen LogP contribution in [-0.2, 0) is 16.3 Å². The van der Waals surface area contributed by atoms with E-state index in [1.54, 1.807) is 10.8 Å². The minimum absolute atomic E-state index is 0.0580. The Bertz CT molecular complexity index is 1190. The molecule has 2 heterocycles. The third-order valence-electron chi connectivity index (χ3n) is 4.63. The fourth-order valence-electron chi connectivity index (χ4n) is 2.90. The smallest absolute Gasteiger partial charge is 0.450 e. The minimum Gasteiger partial charge on any atom is -0.450 e. The molecule has 1 N–H and O–H groups in total. The number of benzene rings is 1. The zero-order valence-corrected chi connectivity index (χ0v) is 21.0. The van der Waals surface area contributed by atoms with Crippen LogP contribution in [-0.4, -0.2) is 36.3 Å². The van der Waals surface area contributed by atoms with Crippen LogP contribution in [0, 0.1) is 11.6 Å². The van der Waals surface area contributed by atoms with Gasteiger partial charge in [0.05, 0.1) is 5.39 Å². The molecule has 0 aliphatic rings. The van der Waals surface area contributed by atoms with Crippen molar-refractivity contribution < 1.29 is 36.2 Å². The average Bonchev–Trinajstić information content (AvgIpc) is 3.03. The highest BCUT2D eigenvalue weighted by molar-refractivity contribution is 9.10. The number of ether oxygens (including phenoxy) is 2. The van der Waals surface area contributed by atoms with Crippen molar-refractivity contribution >= 4 is 46.6 Å². The molecule has 0 bridgehead atoms. The predicted octanol–water partition coefficient (Wildman–Crippen LogP) is 6.68. The van der Waals surface area contributed by atoms with E-state index in [2.05, 4.69) is 40.6 Å². The number of anilines is 1. The third kappa shape index (κ3) is 6.33. The van der Waals surface area contributed by atoms with Crippen LogP contribution in [0.5, 0.6) is 11.5 Å². The lowest BCUT2D eigenvalue weighted by Crippen LogP contribution is -2.30. The molecule has 3 aromatic rings. The van der Waals surface area contributed by atoms with Gasteiger partial charge in [0.15, 0.2) is 17.4 Å². The summed E-state index contributed by atoms with van der Waals surface area (Å²) in [6, 6.07) is 3.44. The summed E-state index contributed by atoms with van der Waals surface area (Å²) in [5.41, 5.74) is -0.264. The van der Waals surface area contributed by atoms with Gasteiger partial charge in [-0.1, -0.05) is 19.6 Å². The number of hydrogen-bond donors (Lipinski definition) is 1. The summed E-state index contributed by atoms with van der Waals surface area (Å²) in [6.45, 7) is 7.49. The Kier molecular flexibility index (Phi) is 7.68. The van der Waals surface area contributed by atoms with Crippen molar-refractivity contribution in [3.05, 3.63) is 46.7 Å². The average molecular weight is 566 g/mol. The summed E-state index contributed by atoms with van der Waals surface area (Å²) in [5.74, 6) is -5.74. The first kappa shape index (κ1) is 26.1. The Morgan fingerprint density at radius 2 is 1.85 bits per heavy atom. The number of carbonyl (C=O) groups excluding carboxylic acids is 1. The SMILES string of the molecule is C[Si](C)(C)CCOCn1cc(Br)c2c(Oc3c(F)cc(NC(=O)C(F)(F)F)cc3F)ccnc21. The summed E-state index contributed by atoms with van der Waals surface area (Å²) < 4.78 is 79.6.